The van der Waals surface area contributed by atoms with Crippen LogP contribution in [-0.2, 0) is 16.0 Å². The van der Waals surface area contributed by atoms with Crippen LogP contribution in [0.2, 0.25) is 0 Å². The fraction of sp³-hybridized carbons (Fsp3) is 0.529. The number of methoxy groups -OCH3 is 1. The quantitative estimate of drug-likeness (QED) is 0.475. The lowest BCUT2D eigenvalue weighted by Crippen LogP contribution is -2.35. The van der Waals surface area contributed by atoms with E-state index in [2.05, 4.69) is 11.5 Å². The highest BCUT2D eigenvalue weighted by molar-refractivity contribution is 5.15. The van der Waals surface area contributed by atoms with Crippen LogP contribution < -0.4 is 0 Å². The molecule has 124 valence electrons. The highest BCUT2D eigenvalue weighted by Gasteiger charge is 2.12. The van der Waals surface area contributed by atoms with Crippen molar-refractivity contribution in [3.63, 3.8) is 0 Å². The second-order valence-corrected chi connectivity index (χ2v) is 5.19. The summed E-state index contributed by atoms with van der Waals surface area (Å²) in [5, 5.41) is 10.0. The van der Waals surface area contributed by atoms with Crippen molar-refractivity contribution in [1.29, 1.82) is 0 Å². The van der Waals surface area contributed by atoms with Gasteiger partial charge in [0.15, 0.2) is 0 Å². The Hall–Kier alpha value is -1.27. The van der Waals surface area contributed by atoms with E-state index in [0.717, 1.165) is 18.5 Å². The summed E-state index contributed by atoms with van der Waals surface area (Å²) >= 11 is 0. The molecule has 0 radical (unpaired) electrons. The van der Waals surface area contributed by atoms with E-state index in [0.29, 0.717) is 26.3 Å². The zero-order valence-corrected chi connectivity index (χ0v) is 13.2. The fourth-order valence-corrected chi connectivity index (χ4v) is 2.15. The van der Waals surface area contributed by atoms with Gasteiger partial charge in [0.05, 0.1) is 19.3 Å². The van der Waals surface area contributed by atoms with Crippen LogP contribution in [0.3, 0.4) is 0 Å². The van der Waals surface area contributed by atoms with E-state index in [1.807, 2.05) is 0 Å². The van der Waals surface area contributed by atoms with Crippen LogP contribution in [0.1, 0.15) is 12.0 Å². The van der Waals surface area contributed by atoms with Gasteiger partial charge in [0.2, 0.25) is 0 Å². The average molecular weight is 311 g/mol. The van der Waals surface area contributed by atoms with Crippen LogP contribution in [0.25, 0.3) is 0 Å². The average Bonchev–Trinajstić information content (AvgIpc) is 2.50. The van der Waals surface area contributed by atoms with E-state index in [4.69, 9.17) is 9.47 Å². The maximum absolute atomic E-state index is 13.0. The Kier molecular flexibility index (Phi) is 9.66. The summed E-state index contributed by atoms with van der Waals surface area (Å²) in [6, 6.07) is 6.43. The molecule has 0 aliphatic heterocycles. The third-order valence-corrected chi connectivity index (χ3v) is 3.16. The van der Waals surface area contributed by atoms with E-state index in [1.165, 1.54) is 12.1 Å². The van der Waals surface area contributed by atoms with Gasteiger partial charge in [-0.1, -0.05) is 18.2 Å². The van der Waals surface area contributed by atoms with Gasteiger partial charge in [0.25, 0.3) is 0 Å². The first kappa shape index (κ1) is 18.8. The Balaban J connectivity index is 2.50. The summed E-state index contributed by atoms with van der Waals surface area (Å²) in [7, 11) is 1.67. The summed E-state index contributed by atoms with van der Waals surface area (Å²) < 4.78 is 23.3. The first-order valence-corrected chi connectivity index (χ1v) is 7.48. The second-order valence-electron chi connectivity index (χ2n) is 5.19. The van der Waals surface area contributed by atoms with Gasteiger partial charge in [-0.25, -0.2) is 4.39 Å². The largest absolute Gasteiger partial charge is 0.389 e. The van der Waals surface area contributed by atoms with Gasteiger partial charge in [0, 0.05) is 33.4 Å². The molecule has 0 unspecified atom stereocenters. The summed E-state index contributed by atoms with van der Waals surface area (Å²) in [6.45, 7) is 6.89. The van der Waals surface area contributed by atoms with Gasteiger partial charge in [-0.2, -0.15) is 0 Å². The summed E-state index contributed by atoms with van der Waals surface area (Å²) in [6.07, 6.45) is 1.96. The number of hydrogen-bond acceptors (Lipinski definition) is 4. The van der Waals surface area contributed by atoms with E-state index in [9.17, 15) is 9.50 Å². The number of aliphatic hydroxyl groups is 1. The van der Waals surface area contributed by atoms with Crippen molar-refractivity contribution in [2.45, 2.75) is 19.1 Å². The Bertz CT molecular complexity index is 411. The van der Waals surface area contributed by atoms with Crippen LogP contribution in [0.5, 0.6) is 0 Å². The van der Waals surface area contributed by atoms with E-state index >= 15 is 0 Å². The van der Waals surface area contributed by atoms with Gasteiger partial charge < -0.3 is 14.6 Å². The van der Waals surface area contributed by atoms with Gasteiger partial charge in [-0.3, -0.25) is 4.90 Å². The summed E-state index contributed by atoms with van der Waals surface area (Å²) in [5.74, 6) is -0.243. The molecule has 0 aromatic heterocycles. The SMILES string of the molecule is C=CCOC[C@@H](O)CN(CCCOC)Cc1ccc(F)cc1. The smallest absolute Gasteiger partial charge is 0.123 e. The lowest BCUT2D eigenvalue weighted by atomic mass is 10.2. The number of ether oxygens (including phenoxy) is 2. The van der Waals surface area contributed by atoms with E-state index in [-0.39, 0.29) is 12.4 Å². The van der Waals surface area contributed by atoms with Crippen molar-refractivity contribution in [3.05, 3.63) is 48.3 Å². The standard InChI is InChI=1S/C17H26FNO3/c1-3-10-22-14-17(20)13-19(9-4-11-21-2)12-15-5-7-16(18)8-6-15/h3,5-8,17,20H,1,4,9-14H2,2H3/t17-/m0/s1. The number of rotatable bonds is 12. The summed E-state index contributed by atoms with van der Waals surface area (Å²) in [5.41, 5.74) is 1.01. The van der Waals surface area contributed by atoms with Crippen LogP contribution >= 0.6 is 0 Å². The lowest BCUT2D eigenvalue weighted by Gasteiger charge is -2.25. The lowest BCUT2D eigenvalue weighted by molar-refractivity contribution is 0.0229. The molecular weight excluding hydrogens is 285 g/mol. The van der Waals surface area contributed by atoms with Crippen LogP contribution in [0.15, 0.2) is 36.9 Å². The molecule has 1 aromatic carbocycles. The van der Waals surface area contributed by atoms with Crippen LogP contribution in [0.4, 0.5) is 4.39 Å². The van der Waals surface area contributed by atoms with Gasteiger partial charge in [-0.05, 0) is 24.1 Å². The molecule has 4 nitrogen and oxygen atoms in total. The minimum Gasteiger partial charge on any atom is -0.389 e. The first-order valence-electron chi connectivity index (χ1n) is 7.48. The van der Waals surface area contributed by atoms with Crippen molar-refractivity contribution in [1.82, 2.24) is 4.90 Å². The number of benzene rings is 1. The third kappa shape index (κ3) is 8.24. The predicted molar refractivity (Wildman–Crippen MR) is 85.2 cm³/mol. The molecule has 0 heterocycles. The first-order chi connectivity index (χ1) is 10.7. The molecule has 1 aromatic rings. The Labute approximate surface area is 132 Å². The van der Waals surface area contributed by atoms with Crippen molar-refractivity contribution < 1.29 is 19.0 Å². The van der Waals surface area contributed by atoms with Crippen LogP contribution in [0, 0.1) is 5.82 Å². The molecule has 1 atom stereocenters. The maximum Gasteiger partial charge on any atom is 0.123 e. The monoisotopic (exact) mass is 311 g/mol. The van der Waals surface area contributed by atoms with E-state index in [1.54, 1.807) is 25.3 Å². The maximum atomic E-state index is 13.0. The number of halogens is 1. The molecule has 0 bridgehead atoms. The van der Waals surface area contributed by atoms with Gasteiger partial charge >= 0.3 is 0 Å². The number of aliphatic hydroxyl groups excluding tert-OH is 1. The van der Waals surface area contributed by atoms with E-state index < -0.39 is 6.10 Å². The molecule has 5 heteroatoms. The molecule has 0 saturated carbocycles. The molecule has 0 fully saturated rings. The molecule has 0 saturated heterocycles. The Morgan fingerprint density at radius 3 is 2.73 bits per heavy atom. The van der Waals surface area contributed by atoms with Crippen LogP contribution in [-0.4, -0.2) is 56.1 Å². The molecule has 0 spiro atoms. The zero-order valence-electron chi connectivity index (χ0n) is 13.2. The minimum absolute atomic E-state index is 0.243. The van der Waals surface area contributed by atoms with Gasteiger partial charge in [0.1, 0.15) is 5.82 Å². The predicted octanol–water partition coefficient (Wildman–Crippen LogP) is 2.23. The van der Waals surface area contributed by atoms with Crippen molar-refractivity contribution in [2.24, 2.45) is 0 Å². The van der Waals surface area contributed by atoms with Crippen molar-refractivity contribution >= 4 is 0 Å². The highest BCUT2D eigenvalue weighted by Crippen LogP contribution is 2.08. The molecule has 22 heavy (non-hydrogen) atoms. The van der Waals surface area contributed by atoms with Crippen molar-refractivity contribution in [3.8, 4) is 0 Å². The third-order valence-electron chi connectivity index (χ3n) is 3.16. The Morgan fingerprint density at radius 1 is 1.36 bits per heavy atom. The molecule has 0 aliphatic rings. The molecule has 0 aliphatic carbocycles. The second kappa shape index (κ2) is 11.3. The fourth-order valence-electron chi connectivity index (χ4n) is 2.15. The molecule has 0 amide bonds. The van der Waals surface area contributed by atoms with Gasteiger partial charge in [-0.15, -0.1) is 6.58 Å². The topological polar surface area (TPSA) is 41.9 Å². The number of hydrogen-bond donors (Lipinski definition) is 1. The Morgan fingerprint density at radius 2 is 2.09 bits per heavy atom. The normalized spacial score (nSPS) is 12.5. The molecule has 1 N–H and O–H groups in total. The highest BCUT2D eigenvalue weighted by atomic mass is 19.1. The minimum atomic E-state index is -0.567. The van der Waals surface area contributed by atoms with Crippen molar-refractivity contribution in [2.75, 3.05) is 40.0 Å². The molecular formula is C17H26FNO3. The number of nitrogens with zero attached hydrogens (tertiary/aromatic N) is 1. The molecule has 1 rings (SSSR count). The zero-order chi connectivity index (χ0) is 16.2. The summed E-state index contributed by atoms with van der Waals surface area (Å²) in [4.78, 5) is 2.12.